The maximum Gasteiger partial charge on any atom is 0.270 e. The maximum atomic E-state index is 11.2. The Morgan fingerprint density at radius 1 is 0.935 bits per heavy atom. The van der Waals surface area contributed by atoms with Crippen molar-refractivity contribution < 1.29 is 29.4 Å². The van der Waals surface area contributed by atoms with Gasteiger partial charge >= 0.3 is 0 Å². The van der Waals surface area contributed by atoms with Crippen LogP contribution in [0.1, 0.15) is 0 Å². The van der Waals surface area contributed by atoms with Crippen molar-refractivity contribution in [2.24, 2.45) is 10.2 Å². The van der Waals surface area contributed by atoms with Gasteiger partial charge in [-0.05, 0) is 22.6 Å². The smallest absolute Gasteiger partial charge is 0.270 e. The molecule has 0 atom stereocenters. The zero-order valence-corrected chi connectivity index (χ0v) is 16.4. The van der Waals surface area contributed by atoms with Gasteiger partial charge in [0.25, 0.3) is 5.69 Å². The number of phenols is 2. The van der Waals surface area contributed by atoms with Crippen molar-refractivity contribution in [1.29, 1.82) is 0 Å². The molecule has 0 aliphatic heterocycles. The highest BCUT2D eigenvalue weighted by atomic mass is 32.1. The second-order valence-electron chi connectivity index (χ2n) is 6.31. The number of rotatable bonds is 6. The Balaban J connectivity index is 1.85. The average Bonchev–Trinajstić information content (AvgIpc) is 2.78. The number of non-ortho nitro benzene ring substituents is 1. The van der Waals surface area contributed by atoms with Crippen LogP contribution in [-0.2, 0) is 9.37 Å². The summed E-state index contributed by atoms with van der Waals surface area (Å²) in [6.07, 6.45) is 0. The number of hydrogen-bond acceptors (Lipinski definition) is 10. The van der Waals surface area contributed by atoms with Crippen LogP contribution in [-0.4, -0.2) is 15.1 Å². The molecule has 10 nitrogen and oxygen atoms in total. The lowest BCUT2D eigenvalue weighted by atomic mass is 10.1. The van der Waals surface area contributed by atoms with E-state index < -0.39 is 4.92 Å². The molecule has 0 radical (unpaired) electrons. The number of aromatic hydroxyl groups is 2. The molecule has 0 spiro atoms. The van der Waals surface area contributed by atoms with Crippen LogP contribution >= 0.6 is 12.9 Å². The first-order valence-corrected chi connectivity index (χ1v) is 9.07. The molecule has 4 aromatic carbocycles. The lowest BCUT2D eigenvalue weighted by molar-refractivity contribution is -0.401. The largest absolute Gasteiger partial charge is 0.505 e. The van der Waals surface area contributed by atoms with Crippen LogP contribution in [0.3, 0.4) is 0 Å². The normalized spacial score (nSPS) is 11.4. The lowest BCUT2D eigenvalue weighted by Crippen LogP contribution is -1.95. The summed E-state index contributed by atoms with van der Waals surface area (Å²) in [5.41, 5.74) is -0.0261. The van der Waals surface area contributed by atoms with Crippen LogP contribution in [0.15, 0.2) is 70.9 Å². The van der Waals surface area contributed by atoms with Crippen molar-refractivity contribution in [2.75, 3.05) is 0 Å². The standard InChI is InChI=1S/C20H13N3O7S/c24-17-10-18(28-29-30-31)15-9-12(23(26)27)6-7-14(15)19(17)22-21-16-8-5-11-3-1-2-4-13(11)20(16)25/h1-10,24-25,31H. The summed E-state index contributed by atoms with van der Waals surface area (Å²) >= 11 is 3.38. The molecule has 156 valence electrons. The summed E-state index contributed by atoms with van der Waals surface area (Å²) in [5.74, 6) is -0.485. The number of nitro groups is 1. The van der Waals surface area contributed by atoms with Gasteiger partial charge in [0.1, 0.15) is 17.1 Å². The third-order valence-electron chi connectivity index (χ3n) is 4.54. The second kappa shape index (κ2) is 8.44. The van der Waals surface area contributed by atoms with Gasteiger partial charge < -0.3 is 15.1 Å². The molecule has 31 heavy (non-hydrogen) atoms. The lowest BCUT2D eigenvalue weighted by Gasteiger charge is -2.09. The number of nitro benzene ring substituents is 1. The van der Waals surface area contributed by atoms with Crippen molar-refractivity contribution >= 4 is 51.5 Å². The first-order valence-electron chi connectivity index (χ1n) is 8.71. The summed E-state index contributed by atoms with van der Waals surface area (Å²) in [6.45, 7) is 0. The number of phenolic OH excluding ortho intramolecular Hbond substituents is 2. The Kier molecular flexibility index (Phi) is 5.54. The van der Waals surface area contributed by atoms with Crippen LogP contribution in [0.25, 0.3) is 21.5 Å². The third-order valence-corrected chi connectivity index (χ3v) is 4.60. The molecule has 0 bridgehead atoms. The van der Waals surface area contributed by atoms with Gasteiger partial charge in [0.2, 0.25) is 0 Å². The van der Waals surface area contributed by atoms with E-state index in [2.05, 4.69) is 32.5 Å². The number of nitrogens with zero attached hydrogens (tertiary/aromatic N) is 3. The number of hydrogen-bond donors (Lipinski definition) is 3. The molecule has 2 N–H and O–H groups in total. The van der Waals surface area contributed by atoms with Gasteiger partial charge in [-0.2, -0.15) is 0 Å². The van der Waals surface area contributed by atoms with Crippen molar-refractivity contribution in [3.8, 4) is 17.2 Å². The summed E-state index contributed by atoms with van der Waals surface area (Å²) in [5, 5.41) is 46.4. The average molecular weight is 439 g/mol. The fourth-order valence-electron chi connectivity index (χ4n) is 3.12. The molecule has 4 aromatic rings. The van der Waals surface area contributed by atoms with E-state index in [-0.39, 0.29) is 45.1 Å². The predicted octanol–water partition coefficient (Wildman–Crippen LogP) is 5.81. The van der Waals surface area contributed by atoms with E-state index in [4.69, 9.17) is 4.89 Å². The molecule has 0 saturated carbocycles. The highest BCUT2D eigenvalue weighted by Crippen LogP contribution is 2.44. The van der Waals surface area contributed by atoms with Crippen molar-refractivity contribution in [3.05, 3.63) is 70.8 Å². The zero-order valence-electron chi connectivity index (χ0n) is 15.5. The third kappa shape index (κ3) is 3.92. The molecule has 11 heteroatoms. The highest BCUT2D eigenvalue weighted by Gasteiger charge is 2.18. The Morgan fingerprint density at radius 2 is 1.74 bits per heavy atom. The molecular formula is C20H13N3O7S. The number of benzene rings is 4. The van der Waals surface area contributed by atoms with Gasteiger partial charge in [-0.15, -0.1) is 14.6 Å². The molecule has 0 heterocycles. The molecule has 4 rings (SSSR count). The summed E-state index contributed by atoms with van der Waals surface area (Å²) in [7, 11) is 0. The van der Waals surface area contributed by atoms with E-state index in [0.717, 1.165) is 11.5 Å². The molecule has 0 saturated heterocycles. The Bertz CT molecular complexity index is 1340. The van der Waals surface area contributed by atoms with E-state index >= 15 is 0 Å². The summed E-state index contributed by atoms with van der Waals surface area (Å²) in [6, 6.07) is 15.6. The van der Waals surface area contributed by atoms with Gasteiger partial charge in [0.05, 0.1) is 4.92 Å². The molecular weight excluding hydrogens is 426 g/mol. The van der Waals surface area contributed by atoms with Gasteiger partial charge in [0.15, 0.2) is 11.5 Å². The molecule has 0 aliphatic rings. The van der Waals surface area contributed by atoms with E-state index in [9.17, 15) is 20.3 Å². The van der Waals surface area contributed by atoms with E-state index in [0.29, 0.717) is 5.39 Å². The van der Waals surface area contributed by atoms with Crippen LogP contribution < -0.4 is 4.89 Å². The minimum absolute atomic E-state index is 0.0107. The number of fused-ring (bicyclic) bond motifs is 2. The quantitative estimate of drug-likeness (QED) is 0.0860. The monoisotopic (exact) mass is 439 g/mol. The molecule has 0 amide bonds. The topological polar surface area (TPSA) is 136 Å². The van der Waals surface area contributed by atoms with Crippen LogP contribution in [0.5, 0.6) is 17.2 Å². The predicted molar refractivity (Wildman–Crippen MR) is 114 cm³/mol. The van der Waals surface area contributed by atoms with Crippen LogP contribution in [0.2, 0.25) is 0 Å². The summed E-state index contributed by atoms with van der Waals surface area (Å²) < 4.78 is 4.08. The van der Waals surface area contributed by atoms with E-state index in [1.54, 1.807) is 24.3 Å². The Labute approximate surface area is 179 Å². The zero-order chi connectivity index (χ0) is 22.0. The molecule has 0 aromatic heterocycles. The second-order valence-corrected chi connectivity index (χ2v) is 6.46. The van der Waals surface area contributed by atoms with E-state index in [1.807, 2.05) is 12.1 Å². The fourth-order valence-corrected chi connectivity index (χ4v) is 3.15. The first-order chi connectivity index (χ1) is 15.0. The van der Waals surface area contributed by atoms with Gasteiger partial charge in [-0.1, -0.05) is 30.3 Å². The van der Waals surface area contributed by atoms with E-state index in [1.165, 1.54) is 18.2 Å². The molecule has 0 fully saturated rings. The highest BCUT2D eigenvalue weighted by molar-refractivity contribution is 7.74. The van der Waals surface area contributed by atoms with Crippen LogP contribution in [0, 0.1) is 10.1 Å². The SMILES string of the molecule is O=[N+]([O-])c1ccc2c(N=Nc3ccc4ccccc4c3O)c(O)cc(OOOS)c2c1. The van der Waals surface area contributed by atoms with Crippen molar-refractivity contribution in [1.82, 2.24) is 0 Å². The Hall–Kier alpha value is -3.93. The van der Waals surface area contributed by atoms with Gasteiger partial charge in [-0.3, -0.25) is 10.1 Å². The summed E-state index contributed by atoms with van der Waals surface area (Å²) in [4.78, 5) is 15.4. The van der Waals surface area contributed by atoms with Crippen LogP contribution in [0.4, 0.5) is 17.1 Å². The number of thiol groups is 1. The van der Waals surface area contributed by atoms with Gasteiger partial charge in [0, 0.05) is 47.3 Å². The van der Waals surface area contributed by atoms with Crippen molar-refractivity contribution in [2.45, 2.75) is 0 Å². The van der Waals surface area contributed by atoms with Crippen molar-refractivity contribution in [3.63, 3.8) is 0 Å². The van der Waals surface area contributed by atoms with Gasteiger partial charge in [-0.25, -0.2) is 0 Å². The Morgan fingerprint density at radius 3 is 2.52 bits per heavy atom. The molecule has 0 unspecified atom stereocenters. The molecule has 0 aliphatic carbocycles. The minimum atomic E-state index is -0.583. The first kappa shape index (κ1) is 20.3. The minimum Gasteiger partial charge on any atom is -0.505 e. The maximum absolute atomic E-state index is 11.2. The fraction of sp³-hybridized carbons (Fsp3) is 0. The number of azo groups is 1.